The first kappa shape index (κ1) is 15.8. The third-order valence-corrected chi connectivity index (χ3v) is 2.50. The summed E-state index contributed by atoms with van der Waals surface area (Å²) in [6, 6.07) is 6.44. The number of Topliss-reactive ketones (excluding diaryl/α,β-unsaturated/α-hetero) is 1. The Kier molecular flexibility index (Phi) is 5.86. The molecule has 0 aliphatic rings. The van der Waals surface area contributed by atoms with Crippen molar-refractivity contribution in [2.24, 2.45) is 0 Å². The number of carbonyl (C=O) groups excluding carboxylic acids is 3. The van der Waals surface area contributed by atoms with Gasteiger partial charge in [0.25, 0.3) is 5.91 Å². The number of esters is 1. The Balaban J connectivity index is 2.57. The van der Waals surface area contributed by atoms with Gasteiger partial charge in [-0.1, -0.05) is 0 Å². The molecule has 0 saturated heterocycles. The molecule has 0 aliphatic carbocycles. The van der Waals surface area contributed by atoms with Crippen molar-refractivity contribution in [2.75, 3.05) is 19.0 Å². The summed E-state index contributed by atoms with van der Waals surface area (Å²) in [6.07, 6.45) is -0.926. The monoisotopic (exact) mass is 279 g/mol. The molecule has 1 atom stereocenters. The van der Waals surface area contributed by atoms with Gasteiger partial charge in [0.2, 0.25) is 0 Å². The van der Waals surface area contributed by atoms with E-state index in [1.165, 1.54) is 21.0 Å². The van der Waals surface area contributed by atoms with Crippen LogP contribution in [0.5, 0.6) is 0 Å². The highest BCUT2D eigenvalue weighted by Crippen LogP contribution is 2.11. The average Bonchev–Trinajstić information content (AvgIpc) is 2.39. The predicted molar refractivity (Wildman–Crippen MR) is 72.5 cm³/mol. The first-order valence-electron chi connectivity index (χ1n) is 6.04. The lowest BCUT2D eigenvalue weighted by Crippen LogP contribution is -2.31. The SMILES string of the molecule is COCC(=O)O[C@@H](C)C(=O)Nc1ccc(C(C)=O)cc1. The van der Waals surface area contributed by atoms with Gasteiger partial charge in [0, 0.05) is 18.4 Å². The van der Waals surface area contributed by atoms with Crippen LogP contribution < -0.4 is 5.32 Å². The molecule has 1 N–H and O–H groups in total. The van der Waals surface area contributed by atoms with Gasteiger partial charge in [0.05, 0.1) is 0 Å². The van der Waals surface area contributed by atoms with Gasteiger partial charge in [0.15, 0.2) is 11.9 Å². The number of amides is 1. The van der Waals surface area contributed by atoms with E-state index >= 15 is 0 Å². The molecule has 0 radical (unpaired) electrons. The molecule has 1 amide bonds. The Morgan fingerprint density at radius 1 is 1.20 bits per heavy atom. The molecule has 6 heteroatoms. The molecule has 0 aromatic heterocycles. The number of anilines is 1. The summed E-state index contributed by atoms with van der Waals surface area (Å²) in [4.78, 5) is 34.1. The summed E-state index contributed by atoms with van der Waals surface area (Å²) in [5.74, 6) is -1.11. The lowest BCUT2D eigenvalue weighted by Gasteiger charge is -2.13. The fraction of sp³-hybridized carbons (Fsp3) is 0.357. The number of benzene rings is 1. The summed E-state index contributed by atoms with van der Waals surface area (Å²) in [5, 5.41) is 2.59. The van der Waals surface area contributed by atoms with Crippen LogP contribution in [0.1, 0.15) is 24.2 Å². The van der Waals surface area contributed by atoms with Gasteiger partial charge >= 0.3 is 5.97 Å². The Morgan fingerprint density at radius 3 is 2.30 bits per heavy atom. The summed E-state index contributed by atoms with van der Waals surface area (Å²) in [5.41, 5.74) is 1.08. The zero-order chi connectivity index (χ0) is 15.1. The molecule has 0 spiro atoms. The first-order chi connectivity index (χ1) is 9.43. The van der Waals surface area contributed by atoms with Crippen molar-refractivity contribution in [3.63, 3.8) is 0 Å². The molecule has 0 fully saturated rings. The van der Waals surface area contributed by atoms with Crippen molar-refractivity contribution >= 4 is 23.3 Å². The van der Waals surface area contributed by atoms with E-state index < -0.39 is 18.0 Å². The molecule has 20 heavy (non-hydrogen) atoms. The highest BCUT2D eigenvalue weighted by atomic mass is 16.6. The van der Waals surface area contributed by atoms with E-state index in [9.17, 15) is 14.4 Å². The minimum atomic E-state index is -0.926. The van der Waals surface area contributed by atoms with Crippen molar-refractivity contribution in [2.45, 2.75) is 20.0 Å². The van der Waals surface area contributed by atoms with Crippen molar-refractivity contribution in [1.29, 1.82) is 0 Å². The molecule has 0 aliphatic heterocycles. The third-order valence-electron chi connectivity index (χ3n) is 2.50. The summed E-state index contributed by atoms with van der Waals surface area (Å²) >= 11 is 0. The molecule has 0 saturated carbocycles. The Bertz CT molecular complexity index is 495. The molecule has 1 aromatic carbocycles. The number of rotatable bonds is 6. The smallest absolute Gasteiger partial charge is 0.332 e. The lowest BCUT2D eigenvalue weighted by molar-refractivity contribution is -0.156. The highest BCUT2D eigenvalue weighted by Gasteiger charge is 2.17. The largest absolute Gasteiger partial charge is 0.451 e. The fourth-order valence-corrected chi connectivity index (χ4v) is 1.43. The van der Waals surface area contributed by atoms with Crippen molar-refractivity contribution in [1.82, 2.24) is 0 Å². The molecule has 1 rings (SSSR count). The second-order valence-electron chi connectivity index (χ2n) is 4.19. The highest BCUT2D eigenvalue weighted by molar-refractivity contribution is 5.97. The van der Waals surface area contributed by atoms with E-state index in [4.69, 9.17) is 4.74 Å². The molecular weight excluding hydrogens is 262 g/mol. The fourth-order valence-electron chi connectivity index (χ4n) is 1.43. The van der Waals surface area contributed by atoms with Crippen molar-refractivity contribution in [3.05, 3.63) is 29.8 Å². The van der Waals surface area contributed by atoms with Crippen LogP contribution in [0.2, 0.25) is 0 Å². The van der Waals surface area contributed by atoms with Crippen LogP contribution >= 0.6 is 0 Å². The average molecular weight is 279 g/mol. The minimum Gasteiger partial charge on any atom is -0.451 e. The molecular formula is C14H17NO5. The van der Waals surface area contributed by atoms with Gasteiger partial charge in [-0.05, 0) is 38.1 Å². The molecule has 1 aromatic rings. The zero-order valence-electron chi connectivity index (χ0n) is 11.6. The van der Waals surface area contributed by atoms with Crippen molar-refractivity contribution in [3.8, 4) is 0 Å². The van der Waals surface area contributed by atoms with Crippen LogP contribution in [0.25, 0.3) is 0 Å². The normalized spacial score (nSPS) is 11.6. The molecule has 0 unspecified atom stereocenters. The number of carbonyl (C=O) groups is 3. The Morgan fingerprint density at radius 2 is 1.80 bits per heavy atom. The number of hydrogen-bond donors (Lipinski definition) is 1. The maximum atomic E-state index is 11.8. The standard InChI is InChI=1S/C14H17NO5/c1-9(16)11-4-6-12(7-5-11)15-14(18)10(2)20-13(17)8-19-3/h4-7,10H,8H2,1-3H3,(H,15,18)/t10-/m0/s1. The first-order valence-corrected chi connectivity index (χ1v) is 6.04. The number of nitrogens with one attached hydrogen (secondary N) is 1. The predicted octanol–water partition coefficient (Wildman–Crippen LogP) is 1.41. The van der Waals surface area contributed by atoms with E-state index in [1.807, 2.05) is 0 Å². The second-order valence-corrected chi connectivity index (χ2v) is 4.19. The van der Waals surface area contributed by atoms with Gasteiger partial charge in [0.1, 0.15) is 6.61 Å². The summed E-state index contributed by atoms with van der Waals surface area (Å²) in [6.45, 7) is 2.72. The van der Waals surface area contributed by atoms with Crippen LogP contribution in [0.3, 0.4) is 0 Å². The van der Waals surface area contributed by atoms with Crippen LogP contribution in [-0.2, 0) is 19.1 Å². The Hall–Kier alpha value is -2.21. The molecule has 0 heterocycles. The van der Waals surface area contributed by atoms with Crippen LogP contribution in [-0.4, -0.2) is 37.5 Å². The van der Waals surface area contributed by atoms with E-state index in [2.05, 4.69) is 10.1 Å². The topological polar surface area (TPSA) is 81.7 Å². The number of methoxy groups -OCH3 is 1. The quantitative estimate of drug-likeness (QED) is 0.629. The van der Waals surface area contributed by atoms with Crippen LogP contribution in [0.4, 0.5) is 5.69 Å². The van der Waals surface area contributed by atoms with Crippen LogP contribution in [0, 0.1) is 0 Å². The molecule has 6 nitrogen and oxygen atoms in total. The van der Waals surface area contributed by atoms with E-state index in [0.29, 0.717) is 11.3 Å². The summed E-state index contributed by atoms with van der Waals surface area (Å²) in [7, 11) is 1.36. The van der Waals surface area contributed by atoms with Gasteiger partial charge in [-0.2, -0.15) is 0 Å². The molecule has 0 bridgehead atoms. The number of hydrogen-bond acceptors (Lipinski definition) is 5. The zero-order valence-corrected chi connectivity index (χ0v) is 11.6. The van der Waals surface area contributed by atoms with Gasteiger partial charge < -0.3 is 14.8 Å². The lowest BCUT2D eigenvalue weighted by atomic mass is 10.1. The van der Waals surface area contributed by atoms with E-state index in [1.54, 1.807) is 24.3 Å². The molecule has 108 valence electrons. The second kappa shape index (κ2) is 7.40. The van der Waals surface area contributed by atoms with Gasteiger partial charge in [-0.25, -0.2) is 4.79 Å². The minimum absolute atomic E-state index is 0.0512. The maximum absolute atomic E-state index is 11.8. The van der Waals surface area contributed by atoms with Crippen molar-refractivity contribution < 1.29 is 23.9 Å². The number of ketones is 1. The Labute approximate surface area is 117 Å². The van der Waals surface area contributed by atoms with E-state index in [-0.39, 0.29) is 12.4 Å². The number of ether oxygens (including phenoxy) is 2. The van der Waals surface area contributed by atoms with Gasteiger partial charge in [-0.15, -0.1) is 0 Å². The van der Waals surface area contributed by atoms with Gasteiger partial charge in [-0.3, -0.25) is 9.59 Å². The summed E-state index contributed by atoms with van der Waals surface area (Å²) < 4.78 is 9.46. The third kappa shape index (κ3) is 4.81. The maximum Gasteiger partial charge on any atom is 0.332 e. The van der Waals surface area contributed by atoms with E-state index in [0.717, 1.165) is 0 Å². The van der Waals surface area contributed by atoms with Crippen LogP contribution in [0.15, 0.2) is 24.3 Å².